The summed E-state index contributed by atoms with van der Waals surface area (Å²) in [6, 6.07) is 16.9. The summed E-state index contributed by atoms with van der Waals surface area (Å²) in [5, 5.41) is 0. The normalized spacial score (nSPS) is 16.2. The topological polar surface area (TPSA) is 60.7 Å². The third-order valence-corrected chi connectivity index (χ3v) is 6.45. The molecule has 162 valence electrons. The van der Waals surface area contributed by atoms with Gasteiger partial charge in [-0.1, -0.05) is 81.9 Å². The molecule has 3 aromatic rings. The molecule has 2 heterocycles. The van der Waals surface area contributed by atoms with Crippen LogP contribution in [0.4, 0.5) is 0 Å². The van der Waals surface area contributed by atoms with E-state index in [1.54, 1.807) is 18.4 Å². The van der Waals surface area contributed by atoms with Crippen molar-refractivity contribution in [3.8, 4) is 0 Å². The molecule has 1 aromatic heterocycles. The molecule has 0 saturated heterocycles. The number of rotatable bonds is 5. The van der Waals surface area contributed by atoms with E-state index in [1.807, 2.05) is 72.8 Å². The molecule has 1 aliphatic rings. The summed E-state index contributed by atoms with van der Waals surface area (Å²) >= 11 is 4.78. The summed E-state index contributed by atoms with van der Waals surface area (Å²) in [6.45, 7) is 3.79. The number of aromatic nitrogens is 1. The number of fused-ring (bicyclic) bond motifs is 1. The van der Waals surface area contributed by atoms with Crippen LogP contribution >= 0.6 is 27.3 Å². The van der Waals surface area contributed by atoms with Crippen LogP contribution in [0.1, 0.15) is 31.0 Å². The van der Waals surface area contributed by atoms with Crippen molar-refractivity contribution in [3.63, 3.8) is 0 Å². The molecule has 0 radical (unpaired) electrons. The molecule has 0 N–H and O–H groups in total. The largest absolute Gasteiger partial charge is 0.463 e. The Morgan fingerprint density at radius 3 is 2.66 bits per heavy atom. The Balaban J connectivity index is 1.88. The highest BCUT2D eigenvalue weighted by Gasteiger charge is 2.30. The Hall–Kier alpha value is -3.03. The van der Waals surface area contributed by atoms with Crippen molar-refractivity contribution in [2.75, 3.05) is 6.61 Å². The second-order valence-corrected chi connectivity index (χ2v) is 9.09. The Labute approximate surface area is 197 Å². The zero-order chi connectivity index (χ0) is 22.7. The molecular formula is C25H21BrN2O3S. The number of carbonyl (C=O) groups excluding carboxylic acids is 1. The maximum atomic E-state index is 13.4. The first-order chi connectivity index (χ1) is 15.5. The predicted molar refractivity (Wildman–Crippen MR) is 131 cm³/mol. The summed E-state index contributed by atoms with van der Waals surface area (Å²) in [7, 11) is 0. The summed E-state index contributed by atoms with van der Waals surface area (Å²) in [6.07, 6.45) is 5.62. The van der Waals surface area contributed by atoms with Crippen molar-refractivity contribution < 1.29 is 9.53 Å². The molecule has 1 aliphatic heterocycles. The molecule has 5 nitrogen and oxygen atoms in total. The Kier molecular flexibility index (Phi) is 6.67. The van der Waals surface area contributed by atoms with Crippen molar-refractivity contribution in [1.29, 1.82) is 0 Å². The van der Waals surface area contributed by atoms with Crippen LogP contribution in [0.5, 0.6) is 0 Å². The van der Waals surface area contributed by atoms with E-state index in [2.05, 4.69) is 20.9 Å². The van der Waals surface area contributed by atoms with Gasteiger partial charge in [0.2, 0.25) is 0 Å². The lowest BCUT2D eigenvalue weighted by Gasteiger charge is -2.21. The summed E-state index contributed by atoms with van der Waals surface area (Å²) in [5.74, 6) is -0.460. The average molecular weight is 509 g/mol. The molecule has 0 bridgehead atoms. The van der Waals surface area contributed by atoms with Crippen LogP contribution < -0.4 is 14.9 Å². The fourth-order valence-corrected chi connectivity index (χ4v) is 5.00. The Morgan fingerprint density at radius 1 is 1.19 bits per heavy atom. The van der Waals surface area contributed by atoms with E-state index in [4.69, 9.17) is 4.74 Å². The fourth-order valence-electron chi connectivity index (χ4n) is 3.53. The standard InChI is InChI=1S/C25H21BrN2O3S/c1-3-31-24(30)22-16(2)27-25-28(20(22)13-12-17-8-5-4-6-9-17)23(29)21(32-25)15-18-10-7-11-19(26)14-18/h4-15,20H,3H2,1-2H3/b13-12+,21-15-/t20-/m1/s1. The fraction of sp³-hybridized carbons (Fsp3) is 0.160. The zero-order valence-corrected chi connectivity index (χ0v) is 20.0. The minimum absolute atomic E-state index is 0.189. The van der Waals surface area contributed by atoms with Gasteiger partial charge in [-0.15, -0.1) is 0 Å². The van der Waals surface area contributed by atoms with Gasteiger partial charge in [-0.2, -0.15) is 0 Å². The number of allylic oxidation sites excluding steroid dienone is 2. The number of nitrogens with zero attached hydrogens (tertiary/aromatic N) is 2. The molecule has 1 atom stereocenters. The van der Waals surface area contributed by atoms with Crippen molar-refractivity contribution in [3.05, 3.63) is 107 Å². The van der Waals surface area contributed by atoms with Crippen molar-refractivity contribution >= 4 is 45.4 Å². The van der Waals surface area contributed by atoms with Gasteiger partial charge in [-0.25, -0.2) is 9.79 Å². The second kappa shape index (κ2) is 9.63. The molecule has 7 heteroatoms. The minimum atomic E-state index is -0.602. The lowest BCUT2D eigenvalue weighted by atomic mass is 10.0. The molecule has 0 unspecified atom stereocenters. The first kappa shape index (κ1) is 22.2. The smallest absolute Gasteiger partial charge is 0.338 e. The van der Waals surface area contributed by atoms with Gasteiger partial charge in [0, 0.05) is 4.47 Å². The van der Waals surface area contributed by atoms with Crippen molar-refractivity contribution in [2.24, 2.45) is 4.99 Å². The second-order valence-electron chi connectivity index (χ2n) is 7.17. The van der Waals surface area contributed by atoms with E-state index in [0.29, 0.717) is 20.6 Å². The van der Waals surface area contributed by atoms with Crippen LogP contribution in [-0.2, 0) is 9.53 Å². The molecule has 32 heavy (non-hydrogen) atoms. The molecule has 2 aromatic carbocycles. The molecule has 0 spiro atoms. The predicted octanol–water partition coefficient (Wildman–Crippen LogP) is 4.23. The van der Waals surface area contributed by atoms with E-state index < -0.39 is 12.0 Å². The monoisotopic (exact) mass is 508 g/mol. The number of ether oxygens (including phenoxy) is 1. The van der Waals surface area contributed by atoms with Crippen LogP contribution in [0.3, 0.4) is 0 Å². The molecule has 0 saturated carbocycles. The van der Waals surface area contributed by atoms with Gasteiger partial charge in [-0.05, 0) is 43.2 Å². The number of hydrogen-bond acceptors (Lipinski definition) is 5. The van der Waals surface area contributed by atoms with Gasteiger partial charge in [0.1, 0.15) is 0 Å². The van der Waals surface area contributed by atoms with E-state index in [-0.39, 0.29) is 12.2 Å². The van der Waals surface area contributed by atoms with Crippen LogP contribution in [-0.4, -0.2) is 17.1 Å². The molecule has 4 rings (SSSR count). The number of hydrogen-bond donors (Lipinski definition) is 0. The molecule has 0 amide bonds. The number of thiazole rings is 1. The highest BCUT2D eigenvalue weighted by Crippen LogP contribution is 2.26. The summed E-state index contributed by atoms with van der Waals surface area (Å²) in [4.78, 5) is 31.3. The van der Waals surface area contributed by atoms with E-state index in [1.165, 1.54) is 11.3 Å². The highest BCUT2D eigenvalue weighted by molar-refractivity contribution is 9.10. The third-order valence-electron chi connectivity index (χ3n) is 4.98. The lowest BCUT2D eigenvalue weighted by Crippen LogP contribution is -2.38. The third kappa shape index (κ3) is 4.59. The van der Waals surface area contributed by atoms with Gasteiger partial charge < -0.3 is 4.74 Å². The Bertz CT molecular complexity index is 1400. The van der Waals surface area contributed by atoms with Gasteiger partial charge in [0.15, 0.2) is 4.80 Å². The van der Waals surface area contributed by atoms with E-state index >= 15 is 0 Å². The van der Waals surface area contributed by atoms with Crippen LogP contribution in [0.15, 0.2) is 86.2 Å². The SMILES string of the molecule is CCOC(=O)C1=C(C)N=c2s/c(=C\c3cccc(Br)c3)c(=O)n2[C@@H]1/C=C/c1ccccc1. The average Bonchev–Trinajstić information content (AvgIpc) is 3.07. The number of halogens is 1. The van der Waals surface area contributed by atoms with Crippen LogP contribution in [0, 0.1) is 0 Å². The first-order valence-corrected chi connectivity index (χ1v) is 11.8. The molecule has 0 aliphatic carbocycles. The zero-order valence-electron chi connectivity index (χ0n) is 17.6. The van der Waals surface area contributed by atoms with E-state index in [0.717, 1.165) is 15.6 Å². The van der Waals surface area contributed by atoms with E-state index in [9.17, 15) is 9.59 Å². The number of carbonyl (C=O) groups is 1. The maximum absolute atomic E-state index is 13.4. The van der Waals surface area contributed by atoms with Gasteiger partial charge >= 0.3 is 5.97 Å². The maximum Gasteiger partial charge on any atom is 0.338 e. The number of esters is 1. The summed E-state index contributed by atoms with van der Waals surface area (Å²) in [5.41, 5.74) is 2.62. The molecular weight excluding hydrogens is 488 g/mol. The van der Waals surface area contributed by atoms with Gasteiger partial charge in [-0.3, -0.25) is 9.36 Å². The quantitative estimate of drug-likeness (QED) is 0.484. The summed E-state index contributed by atoms with van der Waals surface area (Å²) < 4.78 is 8.35. The van der Waals surface area contributed by atoms with Crippen LogP contribution in [0.25, 0.3) is 12.2 Å². The first-order valence-electron chi connectivity index (χ1n) is 10.2. The van der Waals surface area contributed by atoms with Gasteiger partial charge in [0.25, 0.3) is 5.56 Å². The van der Waals surface area contributed by atoms with Crippen molar-refractivity contribution in [2.45, 2.75) is 19.9 Å². The van der Waals surface area contributed by atoms with Gasteiger partial charge in [0.05, 0.1) is 28.5 Å². The highest BCUT2D eigenvalue weighted by atomic mass is 79.9. The minimum Gasteiger partial charge on any atom is -0.463 e. The number of benzene rings is 2. The van der Waals surface area contributed by atoms with Crippen molar-refractivity contribution in [1.82, 2.24) is 4.57 Å². The van der Waals surface area contributed by atoms with Crippen LogP contribution in [0.2, 0.25) is 0 Å². The Morgan fingerprint density at radius 2 is 1.94 bits per heavy atom. The molecule has 0 fully saturated rings. The lowest BCUT2D eigenvalue weighted by molar-refractivity contribution is -0.139.